The zero-order chi connectivity index (χ0) is 28.0. The van der Waals surface area contributed by atoms with Gasteiger partial charge < -0.3 is 24.6 Å². The number of Topliss-reactive ketones (excluding diaryl/α,β-unsaturated/α-hetero) is 1. The molecule has 0 saturated heterocycles. The van der Waals surface area contributed by atoms with Crippen LogP contribution in [-0.2, 0) is 4.79 Å². The topological polar surface area (TPSA) is 115 Å². The molecule has 204 valence electrons. The van der Waals surface area contributed by atoms with E-state index in [0.29, 0.717) is 46.1 Å². The van der Waals surface area contributed by atoms with Gasteiger partial charge in [0.05, 0.1) is 32.6 Å². The summed E-state index contributed by atoms with van der Waals surface area (Å²) >= 11 is 0. The van der Waals surface area contributed by atoms with E-state index in [0.717, 1.165) is 11.3 Å². The number of nitrogens with one attached hydrogen (secondary N) is 2. The van der Waals surface area contributed by atoms with Crippen LogP contribution in [0.5, 0.6) is 23.0 Å². The number of para-hydroxylation sites is 1. The molecule has 2 unspecified atom stereocenters. The molecule has 9 nitrogen and oxygen atoms in total. The van der Waals surface area contributed by atoms with Crippen molar-refractivity contribution in [3.63, 3.8) is 0 Å². The first-order chi connectivity index (χ1) is 19.4. The SMILES string of the molecule is COc1cc(C2C3=C(CC(c4ccc(OC)c(OC)c4)CC3=O)Nc3[nH]n(-c4ccccc4)c(=O)c32)ccc1O. The molecule has 4 aromatic rings. The van der Waals surface area contributed by atoms with Gasteiger partial charge in [0.25, 0.3) is 5.56 Å². The number of aromatic hydroxyl groups is 1. The number of hydrogen-bond acceptors (Lipinski definition) is 7. The van der Waals surface area contributed by atoms with Crippen molar-refractivity contribution >= 4 is 11.6 Å². The van der Waals surface area contributed by atoms with Gasteiger partial charge in [0.15, 0.2) is 28.8 Å². The number of methoxy groups -OCH3 is 3. The van der Waals surface area contributed by atoms with Crippen LogP contribution in [0.25, 0.3) is 5.69 Å². The number of benzene rings is 3. The highest BCUT2D eigenvalue weighted by atomic mass is 16.5. The second-order valence-electron chi connectivity index (χ2n) is 9.90. The highest BCUT2D eigenvalue weighted by Gasteiger charge is 2.41. The van der Waals surface area contributed by atoms with Crippen LogP contribution < -0.4 is 25.1 Å². The normalized spacial score (nSPS) is 18.0. The molecule has 2 heterocycles. The lowest BCUT2D eigenvalue weighted by atomic mass is 9.72. The Morgan fingerprint density at radius 1 is 0.825 bits per heavy atom. The molecule has 0 amide bonds. The summed E-state index contributed by atoms with van der Waals surface area (Å²) < 4.78 is 17.7. The van der Waals surface area contributed by atoms with Gasteiger partial charge >= 0.3 is 0 Å². The standard InChI is InChI=1S/C31H29N3O6/c1-38-24-12-10-17(15-26(24)40-3)19-13-21-28(23(36)14-19)27(18-9-11-22(35)25(16-18)39-2)29-30(32-21)33-34(31(29)37)20-7-5-4-6-8-20/h4-12,15-16,19,27,32-33,35H,13-14H2,1-3H3. The first-order valence-electron chi connectivity index (χ1n) is 13.0. The number of nitrogens with zero attached hydrogens (tertiary/aromatic N) is 1. The number of carbonyl (C=O) groups excluding carboxylic acids is 1. The molecule has 1 aromatic heterocycles. The maximum atomic E-state index is 13.9. The van der Waals surface area contributed by atoms with Crippen LogP contribution in [0.3, 0.4) is 0 Å². The number of anilines is 1. The monoisotopic (exact) mass is 539 g/mol. The molecule has 9 heteroatoms. The van der Waals surface area contributed by atoms with E-state index >= 15 is 0 Å². The van der Waals surface area contributed by atoms with Crippen molar-refractivity contribution in [1.29, 1.82) is 0 Å². The quantitative estimate of drug-likeness (QED) is 0.321. The third kappa shape index (κ3) is 4.10. The van der Waals surface area contributed by atoms with Crippen LogP contribution in [0.4, 0.5) is 5.82 Å². The molecule has 2 aliphatic rings. The number of carbonyl (C=O) groups is 1. The number of phenolic OH excluding ortho intramolecular Hbond substituents is 1. The van der Waals surface area contributed by atoms with Crippen molar-refractivity contribution in [1.82, 2.24) is 9.78 Å². The fraction of sp³-hybridized carbons (Fsp3) is 0.226. The van der Waals surface area contributed by atoms with Crippen molar-refractivity contribution in [3.05, 3.63) is 105 Å². The lowest BCUT2D eigenvalue weighted by Crippen LogP contribution is -2.32. The van der Waals surface area contributed by atoms with Gasteiger partial charge in [-0.1, -0.05) is 30.3 Å². The summed E-state index contributed by atoms with van der Waals surface area (Å²) in [7, 11) is 4.64. The lowest BCUT2D eigenvalue weighted by molar-refractivity contribution is -0.116. The minimum Gasteiger partial charge on any atom is -0.504 e. The molecule has 6 rings (SSSR count). The Hall–Kier alpha value is -4.92. The van der Waals surface area contributed by atoms with E-state index in [-0.39, 0.29) is 35.2 Å². The Balaban J connectivity index is 1.49. The van der Waals surface area contributed by atoms with E-state index < -0.39 is 5.92 Å². The first-order valence-corrected chi connectivity index (χ1v) is 13.0. The summed E-state index contributed by atoms with van der Waals surface area (Å²) in [5.41, 5.74) is 3.80. The van der Waals surface area contributed by atoms with E-state index in [4.69, 9.17) is 14.2 Å². The molecule has 1 aliphatic heterocycles. The molecule has 3 aromatic carbocycles. The number of ketones is 1. The average molecular weight is 540 g/mol. The highest BCUT2D eigenvalue weighted by Crippen LogP contribution is 2.48. The number of phenols is 1. The van der Waals surface area contributed by atoms with Gasteiger partial charge in [-0.05, 0) is 59.9 Å². The van der Waals surface area contributed by atoms with Crippen LogP contribution in [0.15, 0.2) is 82.8 Å². The number of allylic oxidation sites excluding steroid dienone is 2. The third-order valence-corrected chi connectivity index (χ3v) is 7.72. The summed E-state index contributed by atoms with van der Waals surface area (Å²) in [4.78, 5) is 27.8. The minimum absolute atomic E-state index is 0.0196. The van der Waals surface area contributed by atoms with E-state index in [1.807, 2.05) is 48.5 Å². The Morgan fingerprint density at radius 2 is 1.52 bits per heavy atom. The molecule has 0 bridgehead atoms. The van der Waals surface area contributed by atoms with E-state index in [1.54, 1.807) is 26.4 Å². The number of rotatable bonds is 6. The van der Waals surface area contributed by atoms with E-state index in [1.165, 1.54) is 17.9 Å². The summed E-state index contributed by atoms with van der Waals surface area (Å²) in [6.07, 6.45) is 0.828. The molecule has 0 fully saturated rings. The first kappa shape index (κ1) is 25.4. The van der Waals surface area contributed by atoms with Crippen molar-refractivity contribution in [2.45, 2.75) is 24.7 Å². The zero-order valence-electron chi connectivity index (χ0n) is 22.4. The summed E-state index contributed by atoms with van der Waals surface area (Å²) in [5.74, 6) is 1.21. The van der Waals surface area contributed by atoms with E-state index in [2.05, 4.69) is 10.4 Å². The molecular weight excluding hydrogens is 510 g/mol. The Bertz CT molecular complexity index is 1700. The number of aromatic nitrogens is 2. The number of fused-ring (bicyclic) bond motifs is 1. The molecule has 40 heavy (non-hydrogen) atoms. The van der Waals surface area contributed by atoms with Gasteiger partial charge in [-0.2, -0.15) is 0 Å². The number of hydrogen-bond donors (Lipinski definition) is 3. The molecule has 0 radical (unpaired) electrons. The van der Waals surface area contributed by atoms with Gasteiger partial charge in [0.1, 0.15) is 5.82 Å². The fourth-order valence-corrected chi connectivity index (χ4v) is 5.80. The molecule has 2 atom stereocenters. The Morgan fingerprint density at radius 3 is 2.25 bits per heavy atom. The number of aromatic amines is 1. The van der Waals surface area contributed by atoms with Crippen LogP contribution in [0, 0.1) is 0 Å². The maximum absolute atomic E-state index is 13.9. The van der Waals surface area contributed by atoms with Crippen molar-refractivity contribution in [2.75, 3.05) is 26.6 Å². The van der Waals surface area contributed by atoms with Crippen molar-refractivity contribution in [2.24, 2.45) is 0 Å². The predicted octanol–water partition coefficient (Wildman–Crippen LogP) is 4.86. The van der Waals surface area contributed by atoms with Gasteiger partial charge in [0.2, 0.25) is 0 Å². The Labute approximate surface area is 230 Å². The zero-order valence-corrected chi connectivity index (χ0v) is 22.4. The van der Waals surface area contributed by atoms with Crippen molar-refractivity contribution in [3.8, 4) is 28.7 Å². The van der Waals surface area contributed by atoms with Gasteiger partial charge in [0, 0.05) is 23.6 Å². The summed E-state index contributed by atoms with van der Waals surface area (Å²) in [6.45, 7) is 0. The van der Waals surface area contributed by atoms with E-state index in [9.17, 15) is 14.7 Å². The minimum atomic E-state index is -0.645. The molecule has 0 spiro atoms. The number of H-pyrrole nitrogens is 1. The van der Waals surface area contributed by atoms with Gasteiger partial charge in [-0.25, -0.2) is 4.68 Å². The summed E-state index contributed by atoms with van der Waals surface area (Å²) in [5, 5.41) is 16.9. The summed E-state index contributed by atoms with van der Waals surface area (Å²) in [6, 6.07) is 19.9. The molecule has 1 aliphatic carbocycles. The lowest BCUT2D eigenvalue weighted by Gasteiger charge is -2.34. The average Bonchev–Trinajstić information content (AvgIpc) is 3.31. The Kier molecular flexibility index (Phi) is 6.34. The van der Waals surface area contributed by atoms with Crippen LogP contribution in [0.2, 0.25) is 0 Å². The predicted molar refractivity (Wildman–Crippen MR) is 150 cm³/mol. The van der Waals surface area contributed by atoms with Crippen LogP contribution >= 0.6 is 0 Å². The maximum Gasteiger partial charge on any atom is 0.277 e. The second-order valence-corrected chi connectivity index (χ2v) is 9.90. The van der Waals surface area contributed by atoms with Gasteiger partial charge in [-0.15, -0.1) is 0 Å². The molecule has 0 saturated carbocycles. The smallest absolute Gasteiger partial charge is 0.277 e. The van der Waals surface area contributed by atoms with Gasteiger partial charge in [-0.3, -0.25) is 14.7 Å². The molecular formula is C31H29N3O6. The molecule has 3 N–H and O–H groups in total. The van der Waals surface area contributed by atoms with Crippen LogP contribution in [-0.4, -0.2) is 42.0 Å². The van der Waals surface area contributed by atoms with Crippen LogP contribution in [0.1, 0.15) is 41.4 Å². The highest BCUT2D eigenvalue weighted by molar-refractivity contribution is 6.01. The largest absolute Gasteiger partial charge is 0.504 e. The second kappa shape index (κ2) is 10.00. The van der Waals surface area contributed by atoms with Crippen molar-refractivity contribution < 1.29 is 24.1 Å². The number of ether oxygens (including phenoxy) is 3. The third-order valence-electron chi connectivity index (χ3n) is 7.72. The fourth-order valence-electron chi connectivity index (χ4n) is 5.80.